The molecule has 1 atom stereocenters. The summed E-state index contributed by atoms with van der Waals surface area (Å²) in [6, 6.07) is -0.697. The molecule has 4 nitrogen and oxygen atoms in total. The van der Waals surface area contributed by atoms with E-state index in [9.17, 15) is 13.6 Å². The minimum absolute atomic E-state index is 0.227. The number of nitrogens with two attached hydrogens (primary N) is 2. The van der Waals surface area contributed by atoms with Crippen molar-refractivity contribution in [3.63, 3.8) is 0 Å². The number of hydrogen-bond acceptors (Lipinski definition) is 3. The van der Waals surface area contributed by atoms with Gasteiger partial charge < -0.3 is 11.5 Å². The number of carbonyl (C=O) groups is 1. The molecule has 0 aliphatic heterocycles. The van der Waals surface area contributed by atoms with Crippen molar-refractivity contribution in [2.75, 3.05) is 19.6 Å². The average Bonchev–Trinajstić information content (AvgIpc) is 2.01. The molecule has 4 N–H and O–H groups in total. The summed E-state index contributed by atoms with van der Waals surface area (Å²) in [4.78, 5) is 12.0. The van der Waals surface area contributed by atoms with Crippen molar-refractivity contribution < 1.29 is 13.6 Å². The first kappa shape index (κ1) is 12.2. The second-order valence-corrected chi connectivity index (χ2v) is 2.75. The topological polar surface area (TPSA) is 72.4 Å². The van der Waals surface area contributed by atoms with Crippen LogP contribution in [0.25, 0.3) is 0 Å². The van der Waals surface area contributed by atoms with Crippen LogP contribution in [0.2, 0.25) is 0 Å². The third-order valence-electron chi connectivity index (χ3n) is 1.75. The van der Waals surface area contributed by atoms with Gasteiger partial charge in [-0.3, -0.25) is 9.69 Å². The van der Waals surface area contributed by atoms with Gasteiger partial charge in [0.2, 0.25) is 5.91 Å². The number of hydrogen-bond donors (Lipinski definition) is 2. The van der Waals surface area contributed by atoms with E-state index in [-0.39, 0.29) is 13.1 Å². The van der Waals surface area contributed by atoms with Crippen molar-refractivity contribution in [2.24, 2.45) is 11.5 Å². The molecule has 0 saturated heterocycles. The summed E-state index contributed by atoms with van der Waals surface area (Å²) in [5.41, 5.74) is 10.2. The number of carbonyl (C=O) groups excluding carboxylic acids is 1. The SMILES string of the molecule is CC(C(N)=O)N(CCN)CC(F)F. The molecule has 0 heterocycles. The molecule has 6 heteroatoms. The molecule has 0 aliphatic carbocycles. The monoisotopic (exact) mass is 195 g/mol. The Morgan fingerprint density at radius 1 is 1.54 bits per heavy atom. The predicted octanol–water partition coefficient (Wildman–Crippen LogP) is -0.614. The van der Waals surface area contributed by atoms with E-state index < -0.39 is 24.9 Å². The molecule has 0 aromatic carbocycles. The van der Waals surface area contributed by atoms with E-state index in [2.05, 4.69) is 0 Å². The molecule has 13 heavy (non-hydrogen) atoms. The van der Waals surface area contributed by atoms with Gasteiger partial charge in [-0.1, -0.05) is 0 Å². The maximum atomic E-state index is 12.0. The van der Waals surface area contributed by atoms with Crippen molar-refractivity contribution in [1.29, 1.82) is 0 Å². The maximum absolute atomic E-state index is 12.0. The zero-order valence-electron chi connectivity index (χ0n) is 7.54. The lowest BCUT2D eigenvalue weighted by molar-refractivity contribution is -0.123. The van der Waals surface area contributed by atoms with Crippen LogP contribution in [-0.2, 0) is 4.79 Å². The maximum Gasteiger partial charge on any atom is 0.251 e. The molecule has 0 spiro atoms. The fourth-order valence-corrected chi connectivity index (χ4v) is 0.966. The number of halogens is 2. The zero-order valence-corrected chi connectivity index (χ0v) is 7.54. The summed E-state index contributed by atoms with van der Waals surface area (Å²) < 4.78 is 24.0. The van der Waals surface area contributed by atoms with E-state index in [1.807, 2.05) is 0 Å². The number of alkyl halides is 2. The Kier molecular flexibility index (Phi) is 5.48. The summed E-state index contributed by atoms with van der Waals surface area (Å²) in [5.74, 6) is -0.617. The van der Waals surface area contributed by atoms with Crippen LogP contribution in [-0.4, -0.2) is 42.9 Å². The molecule has 0 rings (SSSR count). The highest BCUT2D eigenvalue weighted by Gasteiger charge is 2.21. The zero-order chi connectivity index (χ0) is 10.4. The van der Waals surface area contributed by atoms with Gasteiger partial charge in [0.25, 0.3) is 6.43 Å². The molecular weight excluding hydrogens is 180 g/mol. The van der Waals surface area contributed by atoms with E-state index >= 15 is 0 Å². The highest BCUT2D eigenvalue weighted by Crippen LogP contribution is 2.02. The van der Waals surface area contributed by atoms with Crippen LogP contribution in [0.5, 0.6) is 0 Å². The first-order valence-electron chi connectivity index (χ1n) is 4.00. The number of rotatable bonds is 6. The fourth-order valence-electron chi connectivity index (χ4n) is 0.966. The molecule has 0 saturated carbocycles. The van der Waals surface area contributed by atoms with Gasteiger partial charge in [0.05, 0.1) is 12.6 Å². The van der Waals surface area contributed by atoms with Gasteiger partial charge in [-0.15, -0.1) is 0 Å². The van der Waals surface area contributed by atoms with Gasteiger partial charge in [0.15, 0.2) is 0 Å². The van der Waals surface area contributed by atoms with Crippen LogP contribution < -0.4 is 11.5 Å². The van der Waals surface area contributed by atoms with Crippen molar-refractivity contribution in [1.82, 2.24) is 4.90 Å². The Morgan fingerprint density at radius 3 is 2.38 bits per heavy atom. The van der Waals surface area contributed by atoms with E-state index in [0.29, 0.717) is 0 Å². The van der Waals surface area contributed by atoms with Gasteiger partial charge >= 0.3 is 0 Å². The smallest absolute Gasteiger partial charge is 0.251 e. The summed E-state index contributed by atoms with van der Waals surface area (Å²) in [6.07, 6.45) is -2.48. The molecule has 1 amide bonds. The Hall–Kier alpha value is -0.750. The van der Waals surface area contributed by atoms with Gasteiger partial charge in [0, 0.05) is 13.1 Å². The summed E-state index contributed by atoms with van der Waals surface area (Å²) in [6.45, 7) is 1.49. The highest BCUT2D eigenvalue weighted by molar-refractivity contribution is 5.79. The second-order valence-electron chi connectivity index (χ2n) is 2.75. The fraction of sp³-hybridized carbons (Fsp3) is 0.857. The quantitative estimate of drug-likeness (QED) is 0.593. The summed E-state index contributed by atoms with van der Waals surface area (Å²) in [7, 11) is 0. The van der Waals surface area contributed by atoms with Crippen molar-refractivity contribution in [2.45, 2.75) is 19.4 Å². The van der Waals surface area contributed by atoms with E-state index in [0.717, 1.165) is 0 Å². The minimum atomic E-state index is -2.48. The Labute approximate surface area is 75.9 Å². The summed E-state index contributed by atoms with van der Waals surface area (Å²) >= 11 is 0. The molecule has 1 unspecified atom stereocenters. The van der Waals surface area contributed by atoms with Crippen molar-refractivity contribution in [3.8, 4) is 0 Å². The normalized spacial score (nSPS) is 13.7. The van der Waals surface area contributed by atoms with Crippen LogP contribution >= 0.6 is 0 Å². The third kappa shape index (κ3) is 4.74. The van der Waals surface area contributed by atoms with Gasteiger partial charge in [-0.25, -0.2) is 8.78 Å². The molecule has 0 aromatic heterocycles. The molecule has 0 fully saturated rings. The van der Waals surface area contributed by atoms with E-state index in [1.54, 1.807) is 0 Å². The van der Waals surface area contributed by atoms with E-state index in [1.165, 1.54) is 11.8 Å². The molecule has 0 aliphatic rings. The minimum Gasteiger partial charge on any atom is -0.368 e. The average molecular weight is 195 g/mol. The third-order valence-corrected chi connectivity index (χ3v) is 1.75. The number of amides is 1. The lowest BCUT2D eigenvalue weighted by Crippen LogP contribution is -2.46. The molecule has 0 bridgehead atoms. The lowest BCUT2D eigenvalue weighted by Gasteiger charge is -2.25. The van der Waals surface area contributed by atoms with Gasteiger partial charge in [0.1, 0.15) is 0 Å². The van der Waals surface area contributed by atoms with Crippen LogP contribution in [0, 0.1) is 0 Å². The van der Waals surface area contributed by atoms with Gasteiger partial charge in [-0.05, 0) is 6.92 Å². The van der Waals surface area contributed by atoms with Crippen LogP contribution in [0.1, 0.15) is 6.92 Å². The first-order chi connectivity index (χ1) is 5.99. The lowest BCUT2D eigenvalue weighted by atomic mass is 10.2. The van der Waals surface area contributed by atoms with Crippen LogP contribution in [0.3, 0.4) is 0 Å². The number of nitrogens with zero attached hydrogens (tertiary/aromatic N) is 1. The molecule has 0 radical (unpaired) electrons. The van der Waals surface area contributed by atoms with Crippen molar-refractivity contribution >= 4 is 5.91 Å². The van der Waals surface area contributed by atoms with Crippen LogP contribution in [0.15, 0.2) is 0 Å². The predicted molar refractivity (Wildman–Crippen MR) is 45.3 cm³/mol. The largest absolute Gasteiger partial charge is 0.368 e. The highest BCUT2D eigenvalue weighted by atomic mass is 19.3. The Morgan fingerprint density at radius 2 is 2.08 bits per heavy atom. The first-order valence-corrected chi connectivity index (χ1v) is 4.00. The van der Waals surface area contributed by atoms with Gasteiger partial charge in [-0.2, -0.15) is 0 Å². The molecule has 0 aromatic rings. The summed E-state index contributed by atoms with van der Waals surface area (Å²) in [5, 5.41) is 0. The van der Waals surface area contributed by atoms with E-state index in [4.69, 9.17) is 11.5 Å². The van der Waals surface area contributed by atoms with Crippen molar-refractivity contribution in [3.05, 3.63) is 0 Å². The Bertz CT molecular complexity index is 166. The van der Waals surface area contributed by atoms with Crippen LogP contribution in [0.4, 0.5) is 8.78 Å². The standard InChI is InChI=1S/C7H15F2N3O/c1-5(7(11)13)12(3-2-10)4-6(8)9/h5-6H,2-4,10H2,1H3,(H2,11,13). The number of primary amides is 1. The molecule has 78 valence electrons. The molecular formula is C7H15F2N3O. The Balaban J connectivity index is 4.14. The second kappa shape index (κ2) is 5.82.